The number of aliphatic hydroxyl groups is 1. The lowest BCUT2D eigenvalue weighted by atomic mass is 9.88. The molecule has 0 fully saturated rings. The van der Waals surface area contributed by atoms with Crippen LogP contribution in [0.2, 0.25) is 0 Å². The van der Waals surface area contributed by atoms with Gasteiger partial charge in [0.15, 0.2) is 5.69 Å². The van der Waals surface area contributed by atoms with Crippen molar-refractivity contribution in [1.29, 1.82) is 5.26 Å². The molecule has 1 aromatic heterocycles. The lowest BCUT2D eigenvalue weighted by Gasteiger charge is -2.39. The Hall–Kier alpha value is -3.73. The molecular formula is C29H31N3O4. The first-order valence-electron chi connectivity index (χ1n) is 12.1. The lowest BCUT2D eigenvalue weighted by Crippen LogP contribution is -2.59. The number of fused-ring (bicyclic) bond motifs is 1. The summed E-state index contributed by atoms with van der Waals surface area (Å²) in [4.78, 5) is 15.6. The van der Waals surface area contributed by atoms with Crippen molar-refractivity contribution in [3.05, 3.63) is 83.2 Å². The zero-order chi connectivity index (χ0) is 25.9. The zero-order valence-corrected chi connectivity index (χ0v) is 20.8. The molecule has 0 spiro atoms. The first-order chi connectivity index (χ1) is 17.1. The van der Waals surface area contributed by atoms with Crippen LogP contribution in [0.4, 0.5) is 0 Å². The Balaban J connectivity index is 1.56. The molecule has 186 valence electrons. The van der Waals surface area contributed by atoms with E-state index >= 15 is 0 Å². The average molecular weight is 486 g/mol. The van der Waals surface area contributed by atoms with E-state index in [9.17, 15) is 20.3 Å². The molecular weight excluding hydrogens is 454 g/mol. The molecule has 1 aliphatic rings. The average Bonchev–Trinajstić information content (AvgIpc) is 3.25. The minimum Gasteiger partial charge on any atom is -0.476 e. The van der Waals surface area contributed by atoms with E-state index in [1.54, 1.807) is 37.3 Å². The second kappa shape index (κ2) is 10.1. The third kappa shape index (κ3) is 5.56. The second-order valence-corrected chi connectivity index (χ2v) is 10.0. The van der Waals surface area contributed by atoms with E-state index in [0.29, 0.717) is 17.0 Å². The Labute approximate surface area is 211 Å². The summed E-state index contributed by atoms with van der Waals surface area (Å²) in [5.74, 6) is -2.27. The van der Waals surface area contributed by atoms with E-state index in [1.165, 1.54) is 17.3 Å². The van der Waals surface area contributed by atoms with Crippen LogP contribution in [0.5, 0.6) is 5.75 Å². The van der Waals surface area contributed by atoms with Gasteiger partial charge in [-0.15, -0.1) is 0 Å². The highest BCUT2D eigenvalue weighted by atomic mass is 16.6. The summed E-state index contributed by atoms with van der Waals surface area (Å²) in [5, 5.41) is 33.9. The summed E-state index contributed by atoms with van der Waals surface area (Å²) in [6.07, 6.45) is 4.48. The summed E-state index contributed by atoms with van der Waals surface area (Å²) < 4.78 is 6.05. The van der Waals surface area contributed by atoms with Crippen LogP contribution in [-0.4, -0.2) is 32.6 Å². The minimum absolute atomic E-state index is 0.101. The van der Waals surface area contributed by atoms with E-state index in [-0.39, 0.29) is 23.4 Å². The number of nitrogens with one attached hydrogen (secondary N) is 1. The Morgan fingerprint density at radius 3 is 2.47 bits per heavy atom. The normalized spacial score (nSPS) is 15.1. The SMILES string of the molecule is CCC(O)(NC(C)(C)CC1Cc2ccccc2C1)Oc1cc(-c2cccnc2C(=O)O)ccc1C#N. The van der Waals surface area contributed by atoms with Gasteiger partial charge in [-0.1, -0.05) is 43.3 Å². The van der Waals surface area contributed by atoms with Crippen molar-refractivity contribution in [2.24, 2.45) is 5.92 Å². The van der Waals surface area contributed by atoms with Crippen molar-refractivity contribution >= 4 is 5.97 Å². The Morgan fingerprint density at radius 1 is 1.17 bits per heavy atom. The number of aromatic carboxylic acids is 1. The van der Waals surface area contributed by atoms with Gasteiger partial charge in [0, 0.05) is 23.7 Å². The van der Waals surface area contributed by atoms with Gasteiger partial charge in [0.2, 0.25) is 0 Å². The molecule has 3 aromatic rings. The van der Waals surface area contributed by atoms with Gasteiger partial charge in [-0.2, -0.15) is 5.26 Å². The van der Waals surface area contributed by atoms with E-state index < -0.39 is 17.4 Å². The highest BCUT2D eigenvalue weighted by Crippen LogP contribution is 2.34. The van der Waals surface area contributed by atoms with Crippen LogP contribution in [0.25, 0.3) is 11.1 Å². The van der Waals surface area contributed by atoms with Gasteiger partial charge in [0.1, 0.15) is 11.8 Å². The third-order valence-electron chi connectivity index (χ3n) is 6.65. The molecule has 0 radical (unpaired) electrons. The smallest absolute Gasteiger partial charge is 0.355 e. The summed E-state index contributed by atoms with van der Waals surface area (Å²) >= 11 is 0. The van der Waals surface area contributed by atoms with Gasteiger partial charge in [-0.25, -0.2) is 9.78 Å². The maximum atomic E-state index is 11.7. The number of hydrogen-bond acceptors (Lipinski definition) is 6. The van der Waals surface area contributed by atoms with Crippen molar-refractivity contribution < 1.29 is 19.7 Å². The number of nitrogens with zero attached hydrogens (tertiary/aromatic N) is 2. The van der Waals surface area contributed by atoms with Crippen molar-refractivity contribution in [1.82, 2.24) is 10.3 Å². The first kappa shape index (κ1) is 25.4. The van der Waals surface area contributed by atoms with Crippen LogP contribution >= 0.6 is 0 Å². The molecule has 0 aliphatic heterocycles. The zero-order valence-electron chi connectivity index (χ0n) is 20.8. The van der Waals surface area contributed by atoms with Crippen LogP contribution in [0.3, 0.4) is 0 Å². The molecule has 2 aromatic carbocycles. The molecule has 1 heterocycles. The molecule has 0 saturated carbocycles. The molecule has 4 rings (SSSR count). The van der Waals surface area contributed by atoms with Crippen molar-refractivity contribution in [2.45, 2.75) is 57.9 Å². The van der Waals surface area contributed by atoms with Crippen LogP contribution in [-0.2, 0) is 12.8 Å². The number of carboxylic acid groups (broad SMARTS) is 1. The quantitative estimate of drug-likeness (QED) is 0.368. The molecule has 1 aliphatic carbocycles. The predicted molar refractivity (Wildman–Crippen MR) is 136 cm³/mol. The van der Waals surface area contributed by atoms with Crippen molar-refractivity contribution in [3.63, 3.8) is 0 Å². The minimum atomic E-state index is -1.73. The number of aromatic nitrogens is 1. The fourth-order valence-corrected chi connectivity index (χ4v) is 5.14. The van der Waals surface area contributed by atoms with E-state index in [0.717, 1.165) is 19.3 Å². The topological polar surface area (TPSA) is 115 Å². The van der Waals surface area contributed by atoms with Gasteiger partial charge in [0.05, 0.1) is 5.56 Å². The fourth-order valence-electron chi connectivity index (χ4n) is 5.14. The highest BCUT2D eigenvalue weighted by Gasteiger charge is 2.37. The van der Waals surface area contributed by atoms with E-state index in [2.05, 4.69) is 40.6 Å². The number of carbonyl (C=O) groups is 1. The van der Waals surface area contributed by atoms with E-state index in [4.69, 9.17) is 4.74 Å². The molecule has 7 heteroatoms. The van der Waals surface area contributed by atoms with Gasteiger partial charge in [0.25, 0.3) is 5.91 Å². The van der Waals surface area contributed by atoms with Crippen molar-refractivity contribution in [3.8, 4) is 22.9 Å². The highest BCUT2D eigenvalue weighted by molar-refractivity contribution is 5.94. The predicted octanol–water partition coefficient (Wildman–Crippen LogP) is 4.93. The molecule has 0 bridgehead atoms. The first-order valence-corrected chi connectivity index (χ1v) is 12.1. The number of carboxylic acids is 1. The molecule has 3 N–H and O–H groups in total. The third-order valence-corrected chi connectivity index (χ3v) is 6.65. The molecule has 0 amide bonds. The number of nitriles is 1. The number of ether oxygens (including phenoxy) is 1. The lowest BCUT2D eigenvalue weighted by molar-refractivity contribution is -0.180. The maximum absolute atomic E-state index is 11.7. The molecule has 7 nitrogen and oxygen atoms in total. The van der Waals surface area contributed by atoms with Gasteiger partial charge in [-0.3, -0.25) is 5.32 Å². The van der Waals surface area contributed by atoms with Gasteiger partial charge in [-0.05, 0) is 73.9 Å². The standard InChI is InChI=1S/C29H31N3O4/c1-4-29(35,32-28(2,3)17-19-14-20-8-5-6-9-21(20)15-19)36-25-16-22(11-12-23(25)18-30)24-10-7-13-31-26(24)27(33)34/h5-13,16,19,32,35H,4,14-15,17H2,1-3H3,(H,33,34). The van der Waals surface area contributed by atoms with Gasteiger partial charge >= 0.3 is 5.97 Å². The van der Waals surface area contributed by atoms with Crippen LogP contribution in [0, 0.1) is 17.2 Å². The Morgan fingerprint density at radius 2 is 1.86 bits per heavy atom. The number of hydrogen-bond donors (Lipinski definition) is 3. The molecule has 1 atom stereocenters. The summed E-state index contributed by atoms with van der Waals surface area (Å²) in [5.41, 5.74) is 3.36. The molecule has 0 saturated heterocycles. The van der Waals surface area contributed by atoms with Gasteiger partial charge < -0.3 is 14.9 Å². The largest absolute Gasteiger partial charge is 0.476 e. The van der Waals surface area contributed by atoms with E-state index in [1.807, 2.05) is 13.8 Å². The number of benzene rings is 2. The second-order valence-electron chi connectivity index (χ2n) is 10.0. The monoisotopic (exact) mass is 485 g/mol. The van der Waals surface area contributed by atoms with Crippen molar-refractivity contribution in [2.75, 3.05) is 0 Å². The summed E-state index contributed by atoms with van der Waals surface area (Å²) in [6, 6.07) is 18.7. The molecule has 1 unspecified atom stereocenters. The van der Waals surface area contributed by atoms with Crippen LogP contribution < -0.4 is 10.1 Å². The Kier molecular flexibility index (Phi) is 7.11. The summed E-state index contributed by atoms with van der Waals surface area (Å²) in [6.45, 7) is 5.88. The maximum Gasteiger partial charge on any atom is 0.355 e. The number of rotatable bonds is 9. The fraction of sp³-hybridized carbons (Fsp3) is 0.345. The Bertz CT molecular complexity index is 1290. The van der Waals surface area contributed by atoms with Crippen LogP contribution in [0.1, 0.15) is 60.8 Å². The van der Waals surface area contributed by atoms with Crippen LogP contribution in [0.15, 0.2) is 60.8 Å². The molecule has 36 heavy (non-hydrogen) atoms. The number of pyridine rings is 1. The summed E-state index contributed by atoms with van der Waals surface area (Å²) in [7, 11) is 0.